The molecule has 6 heteroatoms. The fourth-order valence-electron chi connectivity index (χ4n) is 3.95. The maximum absolute atomic E-state index is 12.5. The third-order valence-electron chi connectivity index (χ3n) is 5.55. The SMILES string of the molecule is O=C(/C=C/c1ccc2c(c1)OCO2)Nc1ccc2c(c1)CCC(=O)N2Cc1ccccc1. The van der Waals surface area contributed by atoms with E-state index in [9.17, 15) is 9.59 Å². The average molecular weight is 426 g/mol. The maximum Gasteiger partial charge on any atom is 0.248 e. The quantitative estimate of drug-likeness (QED) is 0.608. The molecule has 2 aliphatic heterocycles. The molecule has 2 amide bonds. The van der Waals surface area contributed by atoms with E-state index in [0.717, 1.165) is 22.4 Å². The second kappa shape index (κ2) is 8.59. The number of hydrogen-bond acceptors (Lipinski definition) is 4. The molecule has 0 unspecified atom stereocenters. The van der Waals surface area contributed by atoms with Gasteiger partial charge in [-0.1, -0.05) is 36.4 Å². The number of anilines is 2. The standard InChI is InChI=1S/C26H22N2O4/c29-25(12-7-18-6-11-23-24(14-18)32-17-31-23)27-21-9-10-22-20(15-21)8-13-26(30)28(22)16-19-4-2-1-3-5-19/h1-7,9-12,14-15H,8,13,16-17H2,(H,27,29)/b12-7+. The third kappa shape index (κ3) is 4.21. The lowest BCUT2D eigenvalue weighted by Crippen LogP contribution is -2.34. The van der Waals surface area contributed by atoms with Crippen LogP contribution in [0.4, 0.5) is 11.4 Å². The third-order valence-corrected chi connectivity index (χ3v) is 5.55. The van der Waals surface area contributed by atoms with E-state index < -0.39 is 0 Å². The number of aryl methyl sites for hydroxylation is 1. The fourth-order valence-corrected chi connectivity index (χ4v) is 3.95. The first-order chi connectivity index (χ1) is 15.7. The van der Waals surface area contributed by atoms with Gasteiger partial charge in [0.25, 0.3) is 0 Å². The van der Waals surface area contributed by atoms with Crippen LogP contribution in [0, 0.1) is 0 Å². The first kappa shape index (κ1) is 19.9. The summed E-state index contributed by atoms with van der Waals surface area (Å²) in [6, 6.07) is 21.2. The van der Waals surface area contributed by atoms with Crippen LogP contribution < -0.4 is 19.7 Å². The van der Waals surface area contributed by atoms with Crippen molar-refractivity contribution in [3.05, 3.63) is 89.5 Å². The van der Waals surface area contributed by atoms with Crippen molar-refractivity contribution in [3.8, 4) is 11.5 Å². The van der Waals surface area contributed by atoms with Crippen molar-refractivity contribution >= 4 is 29.3 Å². The number of fused-ring (bicyclic) bond motifs is 2. The van der Waals surface area contributed by atoms with Crippen LogP contribution in [-0.4, -0.2) is 18.6 Å². The van der Waals surface area contributed by atoms with E-state index in [0.29, 0.717) is 36.6 Å². The zero-order valence-electron chi connectivity index (χ0n) is 17.4. The lowest BCUT2D eigenvalue weighted by atomic mass is 9.99. The second-order valence-corrected chi connectivity index (χ2v) is 7.74. The number of rotatable bonds is 5. The van der Waals surface area contributed by atoms with Crippen molar-refractivity contribution in [2.24, 2.45) is 0 Å². The molecule has 0 atom stereocenters. The number of benzene rings is 3. The Labute approximate surface area is 186 Å². The molecule has 0 aliphatic carbocycles. The molecule has 0 spiro atoms. The number of hydrogen-bond donors (Lipinski definition) is 1. The zero-order chi connectivity index (χ0) is 21.9. The Hall–Kier alpha value is -4.06. The molecular formula is C26H22N2O4. The Kier molecular flexibility index (Phi) is 5.34. The Balaban J connectivity index is 1.28. The van der Waals surface area contributed by atoms with Gasteiger partial charge in [0.15, 0.2) is 11.5 Å². The molecule has 1 N–H and O–H groups in total. The van der Waals surface area contributed by atoms with Crippen molar-refractivity contribution in [1.82, 2.24) is 0 Å². The lowest BCUT2D eigenvalue weighted by molar-refractivity contribution is -0.119. The van der Waals surface area contributed by atoms with Crippen LogP contribution in [-0.2, 0) is 22.6 Å². The van der Waals surface area contributed by atoms with Crippen molar-refractivity contribution in [2.75, 3.05) is 17.0 Å². The van der Waals surface area contributed by atoms with Gasteiger partial charge >= 0.3 is 0 Å². The summed E-state index contributed by atoms with van der Waals surface area (Å²) in [6.45, 7) is 0.756. The zero-order valence-corrected chi connectivity index (χ0v) is 17.4. The minimum Gasteiger partial charge on any atom is -0.454 e. The Morgan fingerprint density at radius 2 is 1.81 bits per heavy atom. The van der Waals surface area contributed by atoms with Gasteiger partial charge in [-0.2, -0.15) is 0 Å². The van der Waals surface area contributed by atoms with Gasteiger partial charge in [-0.25, -0.2) is 0 Å². The van der Waals surface area contributed by atoms with E-state index in [1.165, 1.54) is 6.08 Å². The largest absolute Gasteiger partial charge is 0.454 e. The Bertz CT molecular complexity index is 1200. The lowest BCUT2D eigenvalue weighted by Gasteiger charge is -2.30. The minimum absolute atomic E-state index is 0.116. The highest BCUT2D eigenvalue weighted by molar-refractivity contribution is 6.02. The van der Waals surface area contributed by atoms with Gasteiger partial charge in [-0.15, -0.1) is 0 Å². The highest BCUT2D eigenvalue weighted by Crippen LogP contribution is 2.33. The van der Waals surface area contributed by atoms with Crippen LogP contribution in [0.2, 0.25) is 0 Å². The monoisotopic (exact) mass is 426 g/mol. The highest BCUT2D eigenvalue weighted by Gasteiger charge is 2.24. The summed E-state index contributed by atoms with van der Waals surface area (Å²) in [5, 5.41) is 2.91. The Morgan fingerprint density at radius 1 is 0.969 bits per heavy atom. The molecule has 6 nitrogen and oxygen atoms in total. The van der Waals surface area contributed by atoms with Gasteiger partial charge in [0.05, 0.1) is 6.54 Å². The van der Waals surface area contributed by atoms with E-state index in [2.05, 4.69) is 5.32 Å². The molecule has 2 aliphatic rings. The second-order valence-electron chi connectivity index (χ2n) is 7.74. The molecule has 0 radical (unpaired) electrons. The van der Waals surface area contributed by atoms with Gasteiger partial charge in [0, 0.05) is 23.9 Å². The highest BCUT2D eigenvalue weighted by atomic mass is 16.7. The molecule has 0 fully saturated rings. The molecule has 0 bridgehead atoms. The van der Waals surface area contributed by atoms with Crippen LogP contribution in [0.3, 0.4) is 0 Å². The van der Waals surface area contributed by atoms with Gasteiger partial charge < -0.3 is 19.7 Å². The summed E-state index contributed by atoms with van der Waals surface area (Å²) in [5.74, 6) is 1.28. The van der Waals surface area contributed by atoms with Crippen molar-refractivity contribution in [2.45, 2.75) is 19.4 Å². The molecule has 0 aromatic heterocycles. The average Bonchev–Trinajstić information content (AvgIpc) is 3.28. The van der Waals surface area contributed by atoms with Crippen LogP contribution in [0.15, 0.2) is 72.8 Å². The van der Waals surface area contributed by atoms with Crippen molar-refractivity contribution in [3.63, 3.8) is 0 Å². The predicted molar refractivity (Wildman–Crippen MR) is 123 cm³/mol. The molecular weight excluding hydrogens is 404 g/mol. The summed E-state index contributed by atoms with van der Waals surface area (Å²) in [4.78, 5) is 26.8. The normalized spacial score (nSPS) is 14.5. The van der Waals surface area contributed by atoms with Gasteiger partial charge in [0.1, 0.15) is 0 Å². The number of carbonyl (C=O) groups excluding carboxylic acids is 2. The smallest absolute Gasteiger partial charge is 0.248 e. The molecule has 3 aromatic carbocycles. The van der Waals surface area contributed by atoms with E-state index >= 15 is 0 Å². The molecule has 5 rings (SSSR count). The number of ether oxygens (including phenoxy) is 2. The molecule has 32 heavy (non-hydrogen) atoms. The number of amides is 2. The van der Waals surface area contributed by atoms with Crippen molar-refractivity contribution < 1.29 is 19.1 Å². The van der Waals surface area contributed by atoms with E-state index in [-0.39, 0.29) is 18.6 Å². The molecule has 0 saturated carbocycles. The number of nitrogens with zero attached hydrogens (tertiary/aromatic N) is 1. The van der Waals surface area contributed by atoms with Crippen molar-refractivity contribution in [1.29, 1.82) is 0 Å². The van der Waals surface area contributed by atoms with E-state index in [1.54, 1.807) is 6.08 Å². The first-order valence-corrected chi connectivity index (χ1v) is 10.5. The molecule has 0 saturated heterocycles. The Morgan fingerprint density at radius 3 is 2.69 bits per heavy atom. The molecule has 2 heterocycles. The van der Waals surface area contributed by atoms with Gasteiger partial charge in [-0.3, -0.25) is 9.59 Å². The van der Waals surface area contributed by atoms with E-state index in [4.69, 9.17) is 9.47 Å². The van der Waals surface area contributed by atoms with Crippen LogP contribution >= 0.6 is 0 Å². The summed E-state index contributed by atoms with van der Waals surface area (Å²) in [7, 11) is 0. The number of nitrogens with one attached hydrogen (secondary N) is 1. The predicted octanol–water partition coefficient (Wildman–Crippen LogP) is 4.55. The van der Waals surface area contributed by atoms with Gasteiger partial charge in [-0.05, 0) is 59.5 Å². The van der Waals surface area contributed by atoms with Crippen LogP contribution in [0.5, 0.6) is 11.5 Å². The summed E-state index contributed by atoms with van der Waals surface area (Å²) in [5.41, 5.74) is 4.60. The fraction of sp³-hybridized carbons (Fsp3) is 0.154. The summed E-state index contributed by atoms with van der Waals surface area (Å²) >= 11 is 0. The summed E-state index contributed by atoms with van der Waals surface area (Å²) in [6.07, 6.45) is 4.34. The van der Waals surface area contributed by atoms with Crippen LogP contribution in [0.1, 0.15) is 23.1 Å². The maximum atomic E-state index is 12.5. The van der Waals surface area contributed by atoms with E-state index in [1.807, 2.05) is 71.6 Å². The molecule has 160 valence electrons. The number of carbonyl (C=O) groups is 2. The summed E-state index contributed by atoms with van der Waals surface area (Å²) < 4.78 is 10.7. The van der Waals surface area contributed by atoms with Crippen LogP contribution in [0.25, 0.3) is 6.08 Å². The first-order valence-electron chi connectivity index (χ1n) is 10.5. The molecule has 3 aromatic rings. The minimum atomic E-state index is -0.226. The van der Waals surface area contributed by atoms with Gasteiger partial charge in [0.2, 0.25) is 18.6 Å². The topological polar surface area (TPSA) is 67.9 Å².